The van der Waals surface area contributed by atoms with Crippen molar-refractivity contribution >= 4 is 17.6 Å². The van der Waals surface area contributed by atoms with Crippen LogP contribution in [0.4, 0.5) is 0 Å². The molecule has 0 radical (unpaired) electrons. The SMILES string of the molecule is O=C(OCc1nc(-c2ccc3c(c2)OCO3)no1)c1cccc(Cl)c1. The van der Waals surface area contributed by atoms with Crippen molar-refractivity contribution in [3.05, 3.63) is 58.9 Å². The average Bonchev–Trinajstić information content (AvgIpc) is 3.28. The number of hydrogen-bond acceptors (Lipinski definition) is 7. The fourth-order valence-corrected chi connectivity index (χ4v) is 2.48. The average molecular weight is 359 g/mol. The zero-order chi connectivity index (χ0) is 17.2. The van der Waals surface area contributed by atoms with Crippen LogP contribution >= 0.6 is 11.6 Å². The first-order chi connectivity index (χ1) is 12.2. The maximum absolute atomic E-state index is 12.0. The zero-order valence-electron chi connectivity index (χ0n) is 12.8. The summed E-state index contributed by atoms with van der Waals surface area (Å²) in [5.74, 6) is 1.32. The molecule has 0 amide bonds. The minimum absolute atomic E-state index is 0.136. The molecule has 7 nitrogen and oxygen atoms in total. The van der Waals surface area contributed by atoms with Crippen molar-refractivity contribution in [2.75, 3.05) is 6.79 Å². The van der Waals surface area contributed by atoms with Gasteiger partial charge >= 0.3 is 5.97 Å². The Kier molecular flexibility index (Phi) is 3.99. The van der Waals surface area contributed by atoms with E-state index in [1.807, 2.05) is 0 Å². The second-order valence-corrected chi connectivity index (χ2v) is 5.60. The number of halogens is 1. The van der Waals surface area contributed by atoms with Gasteiger partial charge in [0, 0.05) is 10.6 Å². The number of carbonyl (C=O) groups is 1. The van der Waals surface area contributed by atoms with E-state index in [4.69, 9.17) is 30.3 Å². The first-order valence-corrected chi connectivity index (χ1v) is 7.72. The van der Waals surface area contributed by atoms with Gasteiger partial charge in [0.2, 0.25) is 12.6 Å². The molecule has 2 aromatic carbocycles. The van der Waals surface area contributed by atoms with E-state index >= 15 is 0 Å². The molecule has 126 valence electrons. The molecule has 0 saturated heterocycles. The normalized spacial score (nSPS) is 12.2. The van der Waals surface area contributed by atoms with E-state index in [0.717, 1.165) is 0 Å². The minimum Gasteiger partial charge on any atom is -0.454 e. The van der Waals surface area contributed by atoms with E-state index < -0.39 is 5.97 Å². The Morgan fingerprint density at radius 3 is 2.92 bits per heavy atom. The monoisotopic (exact) mass is 358 g/mol. The lowest BCUT2D eigenvalue weighted by Crippen LogP contribution is -2.05. The summed E-state index contributed by atoms with van der Waals surface area (Å²) in [5, 5.41) is 4.34. The molecule has 0 fully saturated rings. The van der Waals surface area contributed by atoms with Crippen LogP contribution in [0.15, 0.2) is 47.0 Å². The number of aromatic nitrogens is 2. The molecule has 0 N–H and O–H groups in total. The predicted molar refractivity (Wildman–Crippen MR) is 86.4 cm³/mol. The first-order valence-electron chi connectivity index (χ1n) is 7.34. The zero-order valence-corrected chi connectivity index (χ0v) is 13.5. The van der Waals surface area contributed by atoms with Gasteiger partial charge in [0.1, 0.15) is 0 Å². The van der Waals surface area contributed by atoms with Gasteiger partial charge in [-0.1, -0.05) is 22.8 Å². The minimum atomic E-state index is -0.523. The van der Waals surface area contributed by atoms with Crippen LogP contribution in [0.3, 0.4) is 0 Å². The Bertz CT molecular complexity index is 940. The van der Waals surface area contributed by atoms with E-state index in [2.05, 4.69) is 10.1 Å². The molecule has 8 heteroatoms. The molecule has 1 aliphatic heterocycles. The number of benzene rings is 2. The Morgan fingerprint density at radius 1 is 1.16 bits per heavy atom. The molecule has 0 bridgehead atoms. The first kappa shape index (κ1) is 15.5. The smallest absolute Gasteiger partial charge is 0.338 e. The fourth-order valence-electron chi connectivity index (χ4n) is 2.29. The number of fused-ring (bicyclic) bond motifs is 1. The molecule has 3 aromatic rings. The predicted octanol–water partition coefficient (Wildman–Crippen LogP) is 3.48. The number of ether oxygens (including phenoxy) is 3. The van der Waals surface area contributed by atoms with E-state index in [-0.39, 0.29) is 19.3 Å². The Morgan fingerprint density at radius 2 is 2.04 bits per heavy atom. The third kappa shape index (κ3) is 3.27. The lowest BCUT2D eigenvalue weighted by Gasteiger charge is -2.01. The second kappa shape index (κ2) is 6.45. The summed E-state index contributed by atoms with van der Waals surface area (Å²) >= 11 is 5.85. The van der Waals surface area contributed by atoms with Crippen molar-refractivity contribution in [3.63, 3.8) is 0 Å². The van der Waals surface area contributed by atoms with E-state index in [0.29, 0.717) is 33.5 Å². The van der Waals surface area contributed by atoms with Crippen molar-refractivity contribution in [2.24, 2.45) is 0 Å². The number of rotatable bonds is 4. The van der Waals surface area contributed by atoms with Gasteiger partial charge in [-0.25, -0.2) is 4.79 Å². The van der Waals surface area contributed by atoms with E-state index in [1.54, 1.807) is 36.4 Å². The van der Waals surface area contributed by atoms with Crippen molar-refractivity contribution < 1.29 is 23.5 Å². The molecule has 1 aromatic heterocycles. The molecule has 0 atom stereocenters. The maximum Gasteiger partial charge on any atom is 0.338 e. The van der Waals surface area contributed by atoms with Crippen LogP contribution in [0.5, 0.6) is 11.5 Å². The van der Waals surface area contributed by atoms with Gasteiger partial charge in [-0.15, -0.1) is 0 Å². The summed E-state index contributed by atoms with van der Waals surface area (Å²) in [7, 11) is 0. The van der Waals surface area contributed by atoms with Crippen molar-refractivity contribution in [2.45, 2.75) is 6.61 Å². The Labute approximate surface area is 147 Å². The summed E-state index contributed by atoms with van der Waals surface area (Å²) in [6.45, 7) is 0.0542. The molecule has 25 heavy (non-hydrogen) atoms. The third-order valence-electron chi connectivity index (χ3n) is 3.49. The number of carbonyl (C=O) groups excluding carboxylic acids is 1. The molecule has 0 aliphatic carbocycles. The van der Waals surface area contributed by atoms with Crippen LogP contribution in [0.1, 0.15) is 16.2 Å². The summed E-state index contributed by atoms with van der Waals surface area (Å²) in [6, 6.07) is 11.8. The van der Waals surface area contributed by atoms with E-state index in [1.165, 1.54) is 6.07 Å². The Balaban J connectivity index is 1.44. The highest BCUT2D eigenvalue weighted by atomic mass is 35.5. The topological polar surface area (TPSA) is 83.7 Å². The summed E-state index contributed by atoms with van der Waals surface area (Å²) in [5.41, 5.74) is 1.06. The quantitative estimate of drug-likeness (QED) is 0.660. The van der Waals surface area contributed by atoms with Crippen molar-refractivity contribution in [1.82, 2.24) is 10.1 Å². The molecule has 0 spiro atoms. The molecule has 1 aliphatic rings. The summed E-state index contributed by atoms with van der Waals surface area (Å²) in [6.07, 6.45) is 0. The van der Waals surface area contributed by atoms with Crippen LogP contribution < -0.4 is 9.47 Å². The Hall–Kier alpha value is -3.06. The van der Waals surface area contributed by atoms with Crippen molar-refractivity contribution in [3.8, 4) is 22.9 Å². The second-order valence-electron chi connectivity index (χ2n) is 5.17. The number of esters is 1. The molecule has 0 saturated carbocycles. The van der Waals surface area contributed by atoms with Gasteiger partial charge in [0.05, 0.1) is 5.56 Å². The van der Waals surface area contributed by atoms with Gasteiger partial charge in [0.25, 0.3) is 5.89 Å². The number of hydrogen-bond donors (Lipinski definition) is 0. The summed E-state index contributed by atoms with van der Waals surface area (Å²) in [4.78, 5) is 16.2. The molecule has 2 heterocycles. The van der Waals surface area contributed by atoms with Crippen LogP contribution in [0, 0.1) is 0 Å². The van der Waals surface area contributed by atoms with Gasteiger partial charge < -0.3 is 18.7 Å². The van der Waals surface area contributed by atoms with Crippen LogP contribution in [-0.2, 0) is 11.3 Å². The van der Waals surface area contributed by atoms with Crippen molar-refractivity contribution in [1.29, 1.82) is 0 Å². The standard InChI is InChI=1S/C17H11ClN2O5/c18-12-3-1-2-11(6-12)17(21)22-8-15-19-16(20-25-15)10-4-5-13-14(7-10)24-9-23-13/h1-7H,8-9H2. The molecule has 0 unspecified atom stereocenters. The van der Waals surface area contributed by atoms with Gasteiger partial charge in [0.15, 0.2) is 18.1 Å². The molecular formula is C17H11ClN2O5. The third-order valence-corrected chi connectivity index (χ3v) is 3.72. The number of nitrogens with zero attached hydrogens (tertiary/aromatic N) is 2. The van der Waals surface area contributed by atoms with Crippen LogP contribution in [0.25, 0.3) is 11.4 Å². The largest absolute Gasteiger partial charge is 0.454 e. The molecule has 4 rings (SSSR count). The van der Waals surface area contributed by atoms with Crippen LogP contribution in [-0.4, -0.2) is 22.9 Å². The summed E-state index contributed by atoms with van der Waals surface area (Å²) < 4.78 is 20.8. The van der Waals surface area contributed by atoms with Gasteiger partial charge in [-0.3, -0.25) is 0 Å². The van der Waals surface area contributed by atoms with E-state index in [9.17, 15) is 4.79 Å². The fraction of sp³-hybridized carbons (Fsp3) is 0.118. The lowest BCUT2D eigenvalue weighted by molar-refractivity contribution is 0.0430. The van der Waals surface area contributed by atoms with Gasteiger partial charge in [-0.05, 0) is 36.4 Å². The highest BCUT2D eigenvalue weighted by Crippen LogP contribution is 2.35. The molecular weight excluding hydrogens is 348 g/mol. The van der Waals surface area contributed by atoms with Crippen LogP contribution in [0.2, 0.25) is 5.02 Å². The highest BCUT2D eigenvalue weighted by Gasteiger charge is 2.17. The highest BCUT2D eigenvalue weighted by molar-refractivity contribution is 6.30. The maximum atomic E-state index is 12.0. The lowest BCUT2D eigenvalue weighted by atomic mass is 10.2. The van der Waals surface area contributed by atoms with Gasteiger partial charge in [-0.2, -0.15) is 4.98 Å².